The molecule has 0 amide bonds. The zero-order chi connectivity index (χ0) is 40.7. The van der Waals surface area contributed by atoms with E-state index >= 15 is 0 Å². The van der Waals surface area contributed by atoms with Crippen molar-refractivity contribution in [3.05, 3.63) is 48.6 Å². The highest BCUT2D eigenvalue weighted by Crippen LogP contribution is 2.14. The van der Waals surface area contributed by atoms with E-state index in [1.165, 1.54) is 83.5 Å². The molecule has 2 atom stereocenters. The van der Waals surface area contributed by atoms with E-state index in [0.717, 1.165) is 64.2 Å². The number of unbranched alkanes of at least 4 members (excludes halogenated alkanes) is 17. The van der Waals surface area contributed by atoms with Crippen LogP contribution >= 0.6 is 0 Å². The molecular formula is C47H84NO7+. The van der Waals surface area contributed by atoms with Gasteiger partial charge in [0.2, 0.25) is 0 Å². The SMILES string of the molecule is CC/C=C/C/C=C/CCCCC(=O)OCC(COCCC(C(=O)O)[N+](C)(C)C)OC(=O)CCCCCCCCC/C=C/C/C=C/CCCCCCCCCC. The molecule has 0 aliphatic heterocycles. The monoisotopic (exact) mass is 775 g/mol. The fourth-order valence-electron chi connectivity index (χ4n) is 6.28. The van der Waals surface area contributed by atoms with Gasteiger partial charge in [0.15, 0.2) is 12.1 Å². The lowest BCUT2D eigenvalue weighted by molar-refractivity contribution is -0.887. The molecule has 0 heterocycles. The fourth-order valence-corrected chi connectivity index (χ4v) is 6.28. The molecule has 2 unspecified atom stereocenters. The van der Waals surface area contributed by atoms with Gasteiger partial charge in [0.25, 0.3) is 0 Å². The molecule has 0 fully saturated rings. The predicted octanol–water partition coefficient (Wildman–Crippen LogP) is 12.0. The molecule has 0 aromatic carbocycles. The summed E-state index contributed by atoms with van der Waals surface area (Å²) in [6.07, 6.45) is 44.6. The Bertz CT molecular complexity index is 1040. The first-order valence-electron chi connectivity index (χ1n) is 22.2. The van der Waals surface area contributed by atoms with Crippen molar-refractivity contribution in [2.45, 2.75) is 193 Å². The van der Waals surface area contributed by atoms with Gasteiger partial charge in [0, 0.05) is 19.3 Å². The Morgan fingerprint density at radius 2 is 1.02 bits per heavy atom. The summed E-state index contributed by atoms with van der Waals surface area (Å²) in [6.45, 7) is 4.56. The summed E-state index contributed by atoms with van der Waals surface area (Å²) in [4.78, 5) is 36.8. The summed E-state index contributed by atoms with van der Waals surface area (Å²) in [5.41, 5.74) is 0. The quantitative estimate of drug-likeness (QED) is 0.0287. The number of carbonyl (C=O) groups excluding carboxylic acids is 2. The molecule has 0 rings (SSSR count). The number of carbonyl (C=O) groups is 3. The number of quaternary nitrogens is 1. The Morgan fingerprint density at radius 3 is 1.53 bits per heavy atom. The van der Waals surface area contributed by atoms with Crippen molar-refractivity contribution in [3.8, 4) is 0 Å². The summed E-state index contributed by atoms with van der Waals surface area (Å²) in [6, 6.07) is -0.620. The van der Waals surface area contributed by atoms with Crippen LogP contribution in [0.4, 0.5) is 0 Å². The summed E-state index contributed by atoms with van der Waals surface area (Å²) in [7, 11) is 5.51. The van der Waals surface area contributed by atoms with Gasteiger partial charge in [-0.3, -0.25) is 9.59 Å². The first-order chi connectivity index (χ1) is 26.6. The minimum atomic E-state index is -0.882. The molecule has 0 saturated carbocycles. The van der Waals surface area contributed by atoms with Crippen LogP contribution in [0.25, 0.3) is 0 Å². The van der Waals surface area contributed by atoms with Crippen molar-refractivity contribution >= 4 is 17.9 Å². The second kappa shape index (κ2) is 38.2. The van der Waals surface area contributed by atoms with E-state index < -0.39 is 18.1 Å². The smallest absolute Gasteiger partial charge is 0.362 e. The number of carboxylic acid groups (broad SMARTS) is 1. The minimum Gasteiger partial charge on any atom is -0.477 e. The predicted molar refractivity (Wildman–Crippen MR) is 229 cm³/mol. The Morgan fingerprint density at radius 1 is 0.564 bits per heavy atom. The highest BCUT2D eigenvalue weighted by Gasteiger charge is 2.31. The van der Waals surface area contributed by atoms with Crippen LogP contribution in [0.1, 0.15) is 181 Å². The number of likely N-dealkylation sites (N-methyl/N-ethyl adjacent to an activating group) is 1. The second-order valence-electron chi connectivity index (χ2n) is 15.9. The Balaban J connectivity index is 4.27. The van der Waals surface area contributed by atoms with Crippen LogP contribution in [0, 0.1) is 0 Å². The molecule has 8 nitrogen and oxygen atoms in total. The maximum Gasteiger partial charge on any atom is 0.362 e. The molecule has 0 spiro atoms. The Hall–Kier alpha value is -2.71. The third kappa shape index (κ3) is 36.7. The van der Waals surface area contributed by atoms with E-state index in [9.17, 15) is 19.5 Å². The number of aliphatic carboxylic acids is 1. The van der Waals surface area contributed by atoms with Crippen molar-refractivity contribution < 1.29 is 38.2 Å². The molecule has 1 N–H and O–H groups in total. The molecule has 0 aromatic rings. The summed E-state index contributed by atoms with van der Waals surface area (Å²) in [5, 5.41) is 9.60. The van der Waals surface area contributed by atoms with Gasteiger partial charge in [-0.15, -0.1) is 0 Å². The highest BCUT2D eigenvalue weighted by atomic mass is 16.6. The van der Waals surface area contributed by atoms with Crippen molar-refractivity contribution in [1.29, 1.82) is 0 Å². The molecule has 0 saturated heterocycles. The van der Waals surface area contributed by atoms with Crippen LogP contribution in [0.15, 0.2) is 48.6 Å². The molecule has 55 heavy (non-hydrogen) atoms. The third-order valence-electron chi connectivity index (χ3n) is 9.71. The molecule has 318 valence electrons. The highest BCUT2D eigenvalue weighted by molar-refractivity contribution is 5.72. The number of rotatable bonds is 39. The van der Waals surface area contributed by atoms with Gasteiger partial charge >= 0.3 is 17.9 Å². The molecule has 0 bridgehead atoms. The van der Waals surface area contributed by atoms with Crippen LogP contribution < -0.4 is 0 Å². The van der Waals surface area contributed by atoms with E-state index in [1.807, 2.05) is 21.1 Å². The topological polar surface area (TPSA) is 99.1 Å². The first-order valence-corrected chi connectivity index (χ1v) is 22.2. The van der Waals surface area contributed by atoms with Crippen LogP contribution in [0.5, 0.6) is 0 Å². The largest absolute Gasteiger partial charge is 0.477 e. The van der Waals surface area contributed by atoms with Gasteiger partial charge < -0.3 is 23.8 Å². The maximum absolute atomic E-state index is 12.7. The number of ether oxygens (including phenoxy) is 3. The summed E-state index contributed by atoms with van der Waals surface area (Å²) in [5.74, 6) is -1.53. The van der Waals surface area contributed by atoms with Crippen LogP contribution in [-0.2, 0) is 28.6 Å². The van der Waals surface area contributed by atoms with Gasteiger partial charge in [0.1, 0.15) is 6.61 Å². The van der Waals surface area contributed by atoms with Crippen LogP contribution in [0.2, 0.25) is 0 Å². The number of esters is 2. The lowest BCUT2D eigenvalue weighted by Gasteiger charge is -2.31. The molecular weight excluding hydrogens is 691 g/mol. The van der Waals surface area contributed by atoms with Gasteiger partial charge in [-0.05, 0) is 70.6 Å². The minimum absolute atomic E-state index is 0.0466. The molecule has 0 radical (unpaired) electrons. The van der Waals surface area contributed by atoms with Gasteiger partial charge in [-0.25, -0.2) is 4.79 Å². The zero-order valence-corrected chi connectivity index (χ0v) is 36.1. The molecule has 0 aliphatic carbocycles. The number of carboxylic acids is 1. The summed E-state index contributed by atoms with van der Waals surface area (Å²) >= 11 is 0. The standard InChI is InChI=1S/C47H83NO7/c1-6-8-10-12-14-16-17-18-19-20-21-22-23-24-25-26-27-28-30-32-34-36-38-46(50)55-43(41-53-40-39-44(47(51)52)48(3,4)5)42-54-45(49)37-35-33-31-29-15-13-11-9-7-2/h9,11,15,20-21,23-24,29,43-44H,6-8,10,12-14,16-19,22,25-28,30-42H2,1-5H3/p+1/b11-9+,21-20+,24-23+,29-15+. The van der Waals surface area contributed by atoms with Crippen LogP contribution in [0.3, 0.4) is 0 Å². The van der Waals surface area contributed by atoms with E-state index in [4.69, 9.17) is 14.2 Å². The second-order valence-corrected chi connectivity index (χ2v) is 15.9. The summed E-state index contributed by atoms with van der Waals surface area (Å²) < 4.78 is 17.2. The van der Waals surface area contributed by atoms with Crippen LogP contribution in [-0.4, -0.2) is 80.6 Å². The Kier molecular flexibility index (Phi) is 36.3. The number of nitrogens with zero attached hydrogens (tertiary/aromatic N) is 1. The molecule has 0 aliphatic rings. The number of allylic oxidation sites excluding steroid dienone is 8. The zero-order valence-electron chi connectivity index (χ0n) is 36.1. The molecule has 8 heteroatoms. The van der Waals surface area contributed by atoms with E-state index in [-0.39, 0.29) is 36.2 Å². The van der Waals surface area contributed by atoms with Gasteiger partial charge in [0.05, 0.1) is 34.4 Å². The van der Waals surface area contributed by atoms with Gasteiger partial charge in [-0.1, -0.05) is 140 Å². The van der Waals surface area contributed by atoms with Gasteiger partial charge in [-0.2, -0.15) is 0 Å². The van der Waals surface area contributed by atoms with E-state index in [0.29, 0.717) is 19.3 Å². The van der Waals surface area contributed by atoms with Crippen molar-refractivity contribution in [2.24, 2.45) is 0 Å². The lowest BCUT2D eigenvalue weighted by atomic mass is 10.1. The molecule has 0 aromatic heterocycles. The number of hydrogen-bond acceptors (Lipinski definition) is 6. The lowest BCUT2D eigenvalue weighted by Crippen LogP contribution is -2.50. The first kappa shape index (κ1) is 52.3. The fraction of sp³-hybridized carbons (Fsp3) is 0.766. The van der Waals surface area contributed by atoms with E-state index in [2.05, 4.69) is 62.5 Å². The van der Waals surface area contributed by atoms with E-state index in [1.54, 1.807) is 0 Å². The van der Waals surface area contributed by atoms with Crippen molar-refractivity contribution in [1.82, 2.24) is 0 Å². The third-order valence-corrected chi connectivity index (χ3v) is 9.71. The van der Waals surface area contributed by atoms with Crippen molar-refractivity contribution in [2.75, 3.05) is 41.0 Å². The van der Waals surface area contributed by atoms with Crippen molar-refractivity contribution in [3.63, 3.8) is 0 Å². The maximum atomic E-state index is 12.7. The normalized spacial score (nSPS) is 13.4. The average molecular weight is 775 g/mol. The average Bonchev–Trinajstić information content (AvgIpc) is 3.14. The number of hydrogen-bond donors (Lipinski definition) is 1. The Labute approximate surface area is 337 Å².